The maximum absolute atomic E-state index is 13.5. The Labute approximate surface area is 486 Å². The number of halogens is 2. The minimum Gasteiger partial charge on any atom is -0.493 e. The molecule has 26 heteroatoms. The monoisotopic (exact) mass is 1270 g/mol. The second kappa shape index (κ2) is 28.7. The lowest BCUT2D eigenvalue weighted by molar-refractivity contribution is 0.186. The SMILES string of the molecule is COc1ccccc1Oc1c(Cl)nc(-c2ncccn2)nc1NS(=O)(=O)c1ccc(C(C)(C)C)cc1.COc1ccccc1Oc1c(NS(=O)(=O)c2ccc(C(C)(C)C)cc2)nc(-c2ncccn2)nc1OCCO.I.OCCO. The Bertz CT molecular complexity index is 3510. The first-order chi connectivity index (χ1) is 37.6. The number of rotatable bonds is 18. The van der Waals surface area contributed by atoms with Gasteiger partial charge in [0.1, 0.15) is 6.61 Å². The van der Waals surface area contributed by atoms with Crippen LogP contribution < -0.4 is 33.1 Å². The van der Waals surface area contributed by atoms with Gasteiger partial charge in [-0.2, -0.15) is 4.98 Å². The lowest BCUT2D eigenvalue weighted by Gasteiger charge is -2.20. The summed E-state index contributed by atoms with van der Waals surface area (Å²) in [6, 6.07) is 30.1. The van der Waals surface area contributed by atoms with Crippen LogP contribution in [0.25, 0.3) is 23.3 Å². The highest BCUT2D eigenvalue weighted by atomic mass is 127. The van der Waals surface area contributed by atoms with Crippen LogP contribution in [-0.2, 0) is 30.9 Å². The predicted molar refractivity (Wildman–Crippen MR) is 311 cm³/mol. The zero-order valence-electron chi connectivity index (χ0n) is 44.7. The lowest BCUT2D eigenvalue weighted by Crippen LogP contribution is -2.17. The average Bonchev–Trinajstić information content (AvgIpc) is 3.49. The molecule has 8 rings (SSSR count). The van der Waals surface area contributed by atoms with Gasteiger partial charge in [0, 0.05) is 24.8 Å². The van der Waals surface area contributed by atoms with Crippen LogP contribution in [0, 0.1) is 0 Å². The Balaban J connectivity index is 0.000000273. The molecule has 0 bridgehead atoms. The van der Waals surface area contributed by atoms with Crippen LogP contribution in [0.1, 0.15) is 52.7 Å². The number of aromatic nitrogens is 8. The molecular formula is C54H60ClIN10O12S2. The quantitative estimate of drug-likeness (QED) is 0.0395. The molecule has 4 aromatic carbocycles. The Morgan fingerprint density at radius 2 is 0.863 bits per heavy atom. The molecule has 4 aromatic heterocycles. The van der Waals surface area contributed by atoms with E-state index in [9.17, 15) is 21.9 Å². The van der Waals surface area contributed by atoms with Crippen molar-refractivity contribution in [3.8, 4) is 63.7 Å². The fourth-order valence-electron chi connectivity index (χ4n) is 6.71. The molecule has 424 valence electrons. The summed E-state index contributed by atoms with van der Waals surface area (Å²) in [5.41, 5.74) is 1.69. The number of para-hydroxylation sites is 4. The number of hydrogen-bond acceptors (Lipinski definition) is 20. The molecule has 0 spiro atoms. The number of nitrogens with zero attached hydrogens (tertiary/aromatic N) is 8. The summed E-state index contributed by atoms with van der Waals surface area (Å²) in [7, 11) is -5.25. The van der Waals surface area contributed by atoms with Gasteiger partial charge in [0.2, 0.25) is 23.1 Å². The largest absolute Gasteiger partial charge is 0.493 e. The molecule has 0 unspecified atom stereocenters. The van der Waals surface area contributed by atoms with E-state index in [0.29, 0.717) is 17.2 Å². The van der Waals surface area contributed by atoms with Gasteiger partial charge in [-0.05, 0) is 82.6 Å². The van der Waals surface area contributed by atoms with Gasteiger partial charge in [-0.15, -0.1) is 24.0 Å². The van der Waals surface area contributed by atoms with Crippen LogP contribution in [-0.4, -0.2) is 113 Å². The van der Waals surface area contributed by atoms with Crippen molar-refractivity contribution < 1.29 is 55.8 Å². The summed E-state index contributed by atoms with van der Waals surface area (Å²) in [5, 5.41) is 24.5. The van der Waals surface area contributed by atoms with Crippen molar-refractivity contribution in [2.75, 3.05) is 50.1 Å². The highest BCUT2D eigenvalue weighted by Crippen LogP contribution is 2.43. The molecule has 0 aliphatic heterocycles. The Morgan fingerprint density at radius 1 is 0.487 bits per heavy atom. The Kier molecular flexibility index (Phi) is 22.7. The summed E-state index contributed by atoms with van der Waals surface area (Å²) in [5.74, 6) is 0.887. The van der Waals surface area contributed by atoms with Gasteiger partial charge < -0.3 is 39.0 Å². The van der Waals surface area contributed by atoms with Crippen LogP contribution in [0.15, 0.2) is 144 Å². The topological polar surface area (TPSA) is 302 Å². The molecular weight excluding hydrogens is 1210 g/mol. The summed E-state index contributed by atoms with van der Waals surface area (Å²) >= 11 is 6.47. The van der Waals surface area contributed by atoms with E-state index in [4.69, 9.17) is 45.5 Å². The van der Waals surface area contributed by atoms with Crippen molar-refractivity contribution in [2.24, 2.45) is 0 Å². The Morgan fingerprint density at radius 3 is 1.24 bits per heavy atom. The smallest absolute Gasteiger partial charge is 0.263 e. The van der Waals surface area contributed by atoms with E-state index in [1.807, 2.05) is 41.5 Å². The maximum Gasteiger partial charge on any atom is 0.263 e. The van der Waals surface area contributed by atoms with Crippen molar-refractivity contribution in [2.45, 2.75) is 62.2 Å². The van der Waals surface area contributed by atoms with Gasteiger partial charge in [-0.1, -0.05) is 102 Å². The highest BCUT2D eigenvalue weighted by Gasteiger charge is 2.28. The van der Waals surface area contributed by atoms with Gasteiger partial charge in [-0.25, -0.2) is 51.7 Å². The predicted octanol–water partition coefficient (Wildman–Crippen LogP) is 9.28. The number of methoxy groups -OCH3 is 2. The first-order valence-corrected chi connectivity index (χ1v) is 27.3. The minimum absolute atomic E-state index is 0. The van der Waals surface area contributed by atoms with E-state index in [0.717, 1.165) is 11.1 Å². The number of benzene rings is 4. The number of anilines is 2. The van der Waals surface area contributed by atoms with Crippen LogP contribution in [0.4, 0.5) is 11.6 Å². The zero-order valence-corrected chi connectivity index (χ0v) is 49.4. The van der Waals surface area contributed by atoms with E-state index in [-0.39, 0.29) is 134 Å². The number of hydrogen-bond donors (Lipinski definition) is 5. The highest BCUT2D eigenvalue weighted by molar-refractivity contribution is 14.0. The standard InChI is InChI=1S/C27H29N5O6S.C25H24ClN5O4S.C2H6O2.HI/c1-27(2,3)18-10-12-19(13-11-18)39(34,35)32-23-22(38-21-9-6-5-8-20(21)36-4)26(37-17-16-33)31-25(30-23)24-28-14-7-15-29-24;1-25(2,3)16-10-12-17(13-11-16)36(32,33)31-22-20(35-19-9-6-5-8-18(19)34-4)21(26)29-24(30-22)23-27-14-7-15-28-23;3-1-2-4;/h5-15,33H,16-17H2,1-4H3,(H,30,31,32);5-15H,1-4H3,(H,29,30,31);3-4H,1-2H2;1H. The number of aliphatic hydroxyl groups excluding tert-OH is 3. The molecule has 80 heavy (non-hydrogen) atoms. The molecule has 0 saturated heterocycles. The molecule has 4 heterocycles. The third-order valence-electron chi connectivity index (χ3n) is 10.7. The molecule has 0 saturated carbocycles. The van der Waals surface area contributed by atoms with Gasteiger partial charge in [0.05, 0.1) is 43.8 Å². The van der Waals surface area contributed by atoms with Gasteiger partial charge in [0.25, 0.3) is 25.9 Å². The molecule has 22 nitrogen and oxygen atoms in total. The molecule has 0 aliphatic rings. The van der Waals surface area contributed by atoms with Gasteiger partial charge in [0.15, 0.2) is 51.4 Å². The summed E-state index contributed by atoms with van der Waals surface area (Å²) in [6.45, 7) is 11.5. The molecule has 8 aromatic rings. The molecule has 0 amide bonds. The second-order valence-electron chi connectivity index (χ2n) is 18.5. The third-order valence-corrected chi connectivity index (χ3v) is 13.7. The van der Waals surface area contributed by atoms with Gasteiger partial charge >= 0.3 is 0 Å². The fourth-order valence-corrected chi connectivity index (χ4v) is 8.93. The van der Waals surface area contributed by atoms with Crippen molar-refractivity contribution in [1.29, 1.82) is 0 Å². The molecule has 0 radical (unpaired) electrons. The zero-order chi connectivity index (χ0) is 57.4. The van der Waals surface area contributed by atoms with E-state index < -0.39 is 20.0 Å². The summed E-state index contributed by atoms with van der Waals surface area (Å²) in [6.07, 6.45) is 6.03. The van der Waals surface area contributed by atoms with Crippen LogP contribution >= 0.6 is 35.6 Å². The van der Waals surface area contributed by atoms with Crippen LogP contribution in [0.3, 0.4) is 0 Å². The normalized spacial score (nSPS) is 11.3. The molecule has 5 N–H and O–H groups in total. The molecule has 0 aliphatic carbocycles. The molecule has 0 fully saturated rings. The van der Waals surface area contributed by atoms with E-state index in [2.05, 4.69) is 49.3 Å². The average molecular weight is 1270 g/mol. The maximum atomic E-state index is 13.5. The van der Waals surface area contributed by atoms with E-state index >= 15 is 0 Å². The van der Waals surface area contributed by atoms with Crippen molar-refractivity contribution in [3.05, 3.63) is 150 Å². The second-order valence-corrected chi connectivity index (χ2v) is 22.2. The van der Waals surface area contributed by atoms with E-state index in [1.54, 1.807) is 84.9 Å². The van der Waals surface area contributed by atoms with Gasteiger partial charge in [-0.3, -0.25) is 9.44 Å². The lowest BCUT2D eigenvalue weighted by atomic mass is 9.87. The first-order valence-electron chi connectivity index (χ1n) is 24.0. The number of aliphatic hydroxyl groups is 3. The number of ether oxygens (including phenoxy) is 5. The van der Waals surface area contributed by atoms with Crippen molar-refractivity contribution >= 4 is 67.3 Å². The van der Waals surface area contributed by atoms with Crippen LogP contribution in [0.5, 0.6) is 40.4 Å². The summed E-state index contributed by atoms with van der Waals surface area (Å²) < 4.78 is 87.0. The first kappa shape index (κ1) is 63.4. The summed E-state index contributed by atoms with van der Waals surface area (Å²) in [4.78, 5) is 34.0. The third kappa shape index (κ3) is 17.1. The van der Waals surface area contributed by atoms with Crippen molar-refractivity contribution in [1.82, 2.24) is 39.9 Å². The van der Waals surface area contributed by atoms with Crippen molar-refractivity contribution in [3.63, 3.8) is 0 Å². The number of sulfonamides is 2. The minimum atomic E-state index is -4.14. The van der Waals surface area contributed by atoms with Crippen LogP contribution in [0.2, 0.25) is 5.15 Å². The molecule has 0 atom stereocenters. The van der Waals surface area contributed by atoms with E-state index in [1.165, 1.54) is 63.3 Å². The number of nitrogens with one attached hydrogen (secondary N) is 2. The fraction of sp³-hybridized carbons (Fsp3) is 0.259. The Hall–Kier alpha value is -7.40.